The second-order valence-corrected chi connectivity index (χ2v) is 9.80. The molecule has 4 aromatic rings. The van der Waals surface area contributed by atoms with Gasteiger partial charge in [-0.15, -0.1) is 0 Å². The minimum absolute atomic E-state index is 0.0288. The molecule has 0 spiro atoms. The molecule has 1 aliphatic rings. The quantitative estimate of drug-likeness (QED) is 0.237. The van der Waals surface area contributed by atoms with Gasteiger partial charge in [-0.1, -0.05) is 30.3 Å². The molecule has 6 nitrogen and oxygen atoms in total. The van der Waals surface area contributed by atoms with Gasteiger partial charge >= 0.3 is 0 Å². The van der Waals surface area contributed by atoms with Gasteiger partial charge < -0.3 is 18.9 Å². The lowest BCUT2D eigenvalue weighted by Gasteiger charge is -2.20. The molecule has 0 aliphatic carbocycles. The van der Waals surface area contributed by atoms with Crippen LogP contribution in [0, 0.1) is 13.8 Å². The van der Waals surface area contributed by atoms with E-state index in [1.54, 1.807) is 0 Å². The van der Waals surface area contributed by atoms with Crippen LogP contribution in [0.3, 0.4) is 0 Å². The molecule has 1 atom stereocenters. The standard InChI is InChI=1S/C31H35N3O3/c1-4-36-29-14-8-7-13-28(29)34-21-24(20-30(34)35)31-32-26-11-5-6-12-27(26)33(31)15-9-10-16-37-25-18-22(2)17-23(3)19-25/h5-8,11-14,17-19,24H,4,9-10,15-16,20-21H2,1-3H3. The Kier molecular flexibility index (Phi) is 7.45. The first-order chi connectivity index (χ1) is 18.0. The number of nitrogens with zero attached hydrogens (tertiary/aromatic N) is 3. The number of para-hydroxylation sites is 4. The Bertz CT molecular complexity index is 1370. The first-order valence-electron chi connectivity index (χ1n) is 13.2. The van der Waals surface area contributed by atoms with Gasteiger partial charge in [-0.05, 0) is 81.1 Å². The fraction of sp³-hybridized carbons (Fsp3) is 0.355. The van der Waals surface area contributed by atoms with Crippen LogP contribution in [0.4, 0.5) is 5.69 Å². The van der Waals surface area contributed by atoms with Crippen LogP contribution in [-0.2, 0) is 11.3 Å². The normalized spacial score (nSPS) is 15.5. The van der Waals surface area contributed by atoms with Crippen molar-refractivity contribution in [3.8, 4) is 11.5 Å². The number of anilines is 1. The second kappa shape index (κ2) is 11.1. The smallest absolute Gasteiger partial charge is 0.227 e. The Balaban J connectivity index is 1.30. The Morgan fingerprint density at radius 2 is 1.70 bits per heavy atom. The third-order valence-corrected chi connectivity index (χ3v) is 6.87. The highest BCUT2D eigenvalue weighted by Crippen LogP contribution is 2.37. The molecule has 1 unspecified atom stereocenters. The molecule has 2 heterocycles. The maximum Gasteiger partial charge on any atom is 0.227 e. The zero-order valence-electron chi connectivity index (χ0n) is 21.9. The van der Waals surface area contributed by atoms with Crippen molar-refractivity contribution in [3.63, 3.8) is 0 Å². The summed E-state index contributed by atoms with van der Waals surface area (Å²) in [5.74, 6) is 2.80. The summed E-state index contributed by atoms with van der Waals surface area (Å²) in [5, 5.41) is 0. The van der Waals surface area contributed by atoms with Crippen molar-refractivity contribution in [1.29, 1.82) is 0 Å². The summed E-state index contributed by atoms with van der Waals surface area (Å²) in [6.45, 7) is 8.82. The number of amides is 1. The molecular weight excluding hydrogens is 462 g/mol. The molecule has 1 fully saturated rings. The summed E-state index contributed by atoms with van der Waals surface area (Å²) in [5.41, 5.74) is 5.36. The van der Waals surface area contributed by atoms with Gasteiger partial charge in [0.25, 0.3) is 0 Å². The van der Waals surface area contributed by atoms with E-state index in [0.717, 1.165) is 53.4 Å². The van der Waals surface area contributed by atoms with Gasteiger partial charge in [-0.3, -0.25) is 4.79 Å². The molecule has 1 aromatic heterocycles. The highest BCUT2D eigenvalue weighted by Gasteiger charge is 2.35. The fourth-order valence-corrected chi connectivity index (χ4v) is 5.29. The summed E-state index contributed by atoms with van der Waals surface area (Å²) in [4.78, 5) is 20.0. The SMILES string of the molecule is CCOc1ccccc1N1CC(c2nc3ccccc3n2CCCCOc2cc(C)cc(C)c2)CC1=O. The highest BCUT2D eigenvalue weighted by atomic mass is 16.5. The number of carbonyl (C=O) groups excluding carboxylic acids is 1. The zero-order valence-corrected chi connectivity index (χ0v) is 21.9. The molecule has 5 rings (SSSR count). The summed E-state index contributed by atoms with van der Waals surface area (Å²) < 4.78 is 14.1. The van der Waals surface area contributed by atoms with Crippen LogP contribution in [0.1, 0.15) is 49.1 Å². The second-order valence-electron chi connectivity index (χ2n) is 9.80. The monoisotopic (exact) mass is 497 g/mol. The number of carbonyl (C=O) groups is 1. The molecular formula is C31H35N3O3. The Morgan fingerprint density at radius 3 is 2.51 bits per heavy atom. The molecule has 0 bridgehead atoms. The number of benzene rings is 3. The molecule has 37 heavy (non-hydrogen) atoms. The van der Waals surface area contributed by atoms with Gasteiger partial charge in [0.05, 0.1) is 29.9 Å². The minimum atomic E-state index is 0.0288. The van der Waals surface area contributed by atoms with Gasteiger partial charge in [0.2, 0.25) is 5.91 Å². The van der Waals surface area contributed by atoms with E-state index in [4.69, 9.17) is 14.5 Å². The Morgan fingerprint density at radius 1 is 0.946 bits per heavy atom. The Hall–Kier alpha value is -3.80. The zero-order chi connectivity index (χ0) is 25.8. The lowest BCUT2D eigenvalue weighted by Crippen LogP contribution is -2.25. The summed E-state index contributed by atoms with van der Waals surface area (Å²) in [6, 6.07) is 22.4. The third-order valence-electron chi connectivity index (χ3n) is 6.87. The number of imidazole rings is 1. The average molecular weight is 498 g/mol. The van der Waals surface area contributed by atoms with Crippen LogP contribution in [0.25, 0.3) is 11.0 Å². The van der Waals surface area contributed by atoms with Crippen molar-refractivity contribution in [3.05, 3.63) is 83.7 Å². The molecule has 1 aliphatic heterocycles. The molecule has 6 heteroatoms. The maximum absolute atomic E-state index is 13.1. The maximum atomic E-state index is 13.1. The van der Waals surface area contributed by atoms with Gasteiger partial charge in [0, 0.05) is 25.4 Å². The number of fused-ring (bicyclic) bond motifs is 1. The van der Waals surface area contributed by atoms with E-state index in [1.165, 1.54) is 11.1 Å². The van der Waals surface area contributed by atoms with Crippen LogP contribution in [0.2, 0.25) is 0 Å². The van der Waals surface area contributed by atoms with E-state index in [2.05, 4.69) is 54.8 Å². The van der Waals surface area contributed by atoms with Crippen molar-refractivity contribution in [2.45, 2.75) is 52.5 Å². The lowest BCUT2D eigenvalue weighted by molar-refractivity contribution is -0.117. The van der Waals surface area contributed by atoms with Crippen LogP contribution in [0.5, 0.6) is 11.5 Å². The Labute approximate surface area is 218 Å². The molecule has 0 N–H and O–H groups in total. The fourth-order valence-electron chi connectivity index (χ4n) is 5.29. The molecule has 3 aromatic carbocycles. The number of rotatable bonds is 10. The largest absolute Gasteiger partial charge is 0.494 e. The van der Waals surface area contributed by atoms with Crippen LogP contribution < -0.4 is 14.4 Å². The first kappa shape index (κ1) is 24.9. The van der Waals surface area contributed by atoms with Crippen molar-refractivity contribution >= 4 is 22.6 Å². The average Bonchev–Trinajstić information content (AvgIpc) is 3.44. The highest BCUT2D eigenvalue weighted by molar-refractivity contribution is 5.97. The molecule has 0 saturated carbocycles. The number of hydrogen-bond acceptors (Lipinski definition) is 4. The van der Waals surface area contributed by atoms with Crippen molar-refractivity contribution < 1.29 is 14.3 Å². The van der Waals surface area contributed by atoms with Gasteiger partial charge in [-0.2, -0.15) is 0 Å². The molecule has 1 amide bonds. The van der Waals surface area contributed by atoms with Crippen LogP contribution in [0.15, 0.2) is 66.7 Å². The first-order valence-corrected chi connectivity index (χ1v) is 13.2. The van der Waals surface area contributed by atoms with E-state index in [1.807, 2.05) is 42.2 Å². The van der Waals surface area contributed by atoms with Gasteiger partial charge in [-0.25, -0.2) is 4.98 Å². The predicted octanol–water partition coefficient (Wildman–Crippen LogP) is 6.43. The topological polar surface area (TPSA) is 56.6 Å². The summed E-state index contributed by atoms with van der Waals surface area (Å²) in [6.07, 6.45) is 2.35. The van der Waals surface area contributed by atoms with E-state index < -0.39 is 0 Å². The number of hydrogen-bond donors (Lipinski definition) is 0. The van der Waals surface area contributed by atoms with Crippen molar-refractivity contribution in [2.24, 2.45) is 0 Å². The lowest BCUT2D eigenvalue weighted by atomic mass is 10.1. The van der Waals surface area contributed by atoms with Gasteiger partial charge in [0.15, 0.2) is 0 Å². The third kappa shape index (κ3) is 5.48. The van der Waals surface area contributed by atoms with E-state index in [9.17, 15) is 4.79 Å². The van der Waals surface area contributed by atoms with Gasteiger partial charge in [0.1, 0.15) is 17.3 Å². The molecule has 192 valence electrons. The molecule has 0 radical (unpaired) electrons. The number of aryl methyl sites for hydroxylation is 3. The van der Waals surface area contributed by atoms with Crippen molar-refractivity contribution in [2.75, 3.05) is 24.7 Å². The predicted molar refractivity (Wildman–Crippen MR) is 148 cm³/mol. The van der Waals surface area contributed by atoms with E-state index in [0.29, 0.717) is 26.2 Å². The molecule has 1 saturated heterocycles. The summed E-state index contributed by atoms with van der Waals surface area (Å²) >= 11 is 0. The minimum Gasteiger partial charge on any atom is -0.494 e. The number of ether oxygens (including phenoxy) is 2. The summed E-state index contributed by atoms with van der Waals surface area (Å²) in [7, 11) is 0. The van der Waals surface area contributed by atoms with E-state index >= 15 is 0 Å². The number of aromatic nitrogens is 2. The number of unbranched alkanes of at least 4 members (excludes halogenated alkanes) is 1. The van der Waals surface area contributed by atoms with Crippen LogP contribution >= 0.6 is 0 Å². The van der Waals surface area contributed by atoms with E-state index in [-0.39, 0.29) is 11.8 Å². The van der Waals surface area contributed by atoms with Crippen LogP contribution in [-0.4, -0.2) is 35.2 Å². The van der Waals surface area contributed by atoms with Crippen molar-refractivity contribution in [1.82, 2.24) is 9.55 Å².